The summed E-state index contributed by atoms with van der Waals surface area (Å²) in [5.74, 6) is 1.67. The lowest BCUT2D eigenvalue weighted by Gasteiger charge is -2.36. The highest BCUT2D eigenvalue weighted by atomic mass is 35.5. The van der Waals surface area contributed by atoms with E-state index in [1.807, 2.05) is 12.1 Å². The topological polar surface area (TPSA) is 82.1 Å². The number of piperazine rings is 2. The standard InChI is InChI=1S/C23H31ClN6O3S/c24-19-3-1-5-21(17-19)34(31,32)30-14-12-29(13-15-30)23-7-6-22(25-26-23)28-10-8-27(9-11-28)18-20-4-2-16-33-20/h1,3,5-7,17,20H,2,4,8-16,18H2. The first-order chi connectivity index (χ1) is 16.5. The highest BCUT2D eigenvalue weighted by Gasteiger charge is 2.29. The zero-order valence-electron chi connectivity index (χ0n) is 19.2. The van der Waals surface area contributed by atoms with Crippen molar-refractivity contribution < 1.29 is 13.2 Å². The van der Waals surface area contributed by atoms with Crippen molar-refractivity contribution in [2.45, 2.75) is 23.8 Å². The van der Waals surface area contributed by atoms with Gasteiger partial charge in [-0.15, -0.1) is 10.2 Å². The summed E-state index contributed by atoms with van der Waals surface area (Å²) < 4.78 is 33.1. The maximum absolute atomic E-state index is 12.9. The number of rotatable bonds is 6. The van der Waals surface area contributed by atoms with Gasteiger partial charge in [0.15, 0.2) is 11.6 Å². The average Bonchev–Trinajstić information content (AvgIpc) is 3.38. The molecule has 2 aromatic rings. The van der Waals surface area contributed by atoms with E-state index < -0.39 is 10.0 Å². The van der Waals surface area contributed by atoms with Crippen LogP contribution in [0.5, 0.6) is 0 Å². The Morgan fingerprint density at radius 2 is 1.56 bits per heavy atom. The normalized spacial score (nSPS) is 22.9. The number of ether oxygens (including phenoxy) is 1. The lowest BCUT2D eigenvalue weighted by molar-refractivity contribution is 0.0712. The van der Waals surface area contributed by atoms with Crippen molar-refractivity contribution in [1.82, 2.24) is 19.4 Å². The second kappa shape index (κ2) is 10.3. The summed E-state index contributed by atoms with van der Waals surface area (Å²) in [4.78, 5) is 7.07. The van der Waals surface area contributed by atoms with Gasteiger partial charge in [0.1, 0.15) is 0 Å². The van der Waals surface area contributed by atoms with Crippen molar-refractivity contribution in [2.75, 3.05) is 75.3 Å². The Morgan fingerprint density at radius 1 is 0.912 bits per heavy atom. The number of hydrogen-bond donors (Lipinski definition) is 0. The third-order valence-corrected chi connectivity index (χ3v) is 8.94. The van der Waals surface area contributed by atoms with E-state index in [1.54, 1.807) is 18.2 Å². The number of benzene rings is 1. The summed E-state index contributed by atoms with van der Waals surface area (Å²) in [6, 6.07) is 10.4. The van der Waals surface area contributed by atoms with Crippen molar-refractivity contribution >= 4 is 33.3 Å². The van der Waals surface area contributed by atoms with Gasteiger partial charge >= 0.3 is 0 Å². The number of hydrogen-bond acceptors (Lipinski definition) is 8. The first kappa shape index (κ1) is 23.7. The smallest absolute Gasteiger partial charge is 0.243 e. The molecule has 3 aliphatic heterocycles. The number of aromatic nitrogens is 2. The third-order valence-electron chi connectivity index (χ3n) is 6.81. The van der Waals surface area contributed by atoms with E-state index in [0.29, 0.717) is 37.3 Å². The minimum Gasteiger partial charge on any atom is -0.377 e. The van der Waals surface area contributed by atoms with Crippen LogP contribution in [0, 0.1) is 0 Å². The molecule has 11 heteroatoms. The summed E-state index contributed by atoms with van der Waals surface area (Å²) in [5.41, 5.74) is 0. The molecule has 1 aromatic carbocycles. The fourth-order valence-corrected chi connectivity index (χ4v) is 6.55. The summed E-state index contributed by atoms with van der Waals surface area (Å²) in [6.45, 7) is 7.72. The van der Waals surface area contributed by atoms with Gasteiger partial charge in [-0.2, -0.15) is 4.31 Å². The molecule has 0 bridgehead atoms. The first-order valence-electron chi connectivity index (χ1n) is 11.9. The minimum absolute atomic E-state index is 0.230. The molecule has 0 spiro atoms. The molecule has 0 saturated carbocycles. The molecule has 34 heavy (non-hydrogen) atoms. The van der Waals surface area contributed by atoms with E-state index in [1.165, 1.54) is 23.2 Å². The van der Waals surface area contributed by atoms with Gasteiger partial charge in [-0.3, -0.25) is 4.90 Å². The number of sulfonamides is 1. The SMILES string of the molecule is O=S(=O)(c1cccc(Cl)c1)N1CCN(c2ccc(N3CCN(CC4CCCO4)CC3)nn2)CC1. The van der Waals surface area contributed by atoms with Crippen molar-refractivity contribution in [2.24, 2.45) is 0 Å². The maximum Gasteiger partial charge on any atom is 0.243 e. The molecule has 9 nitrogen and oxygen atoms in total. The van der Waals surface area contributed by atoms with E-state index in [9.17, 15) is 8.42 Å². The Kier molecular flexibility index (Phi) is 7.22. The predicted octanol–water partition coefficient (Wildman–Crippen LogP) is 1.94. The van der Waals surface area contributed by atoms with Gasteiger partial charge in [-0.25, -0.2) is 8.42 Å². The molecule has 3 aliphatic rings. The Labute approximate surface area is 206 Å². The van der Waals surface area contributed by atoms with Gasteiger partial charge in [0.05, 0.1) is 11.0 Å². The van der Waals surface area contributed by atoms with E-state index in [0.717, 1.165) is 51.0 Å². The highest BCUT2D eigenvalue weighted by molar-refractivity contribution is 7.89. The molecule has 0 radical (unpaired) electrons. The van der Waals surface area contributed by atoms with E-state index in [2.05, 4.69) is 24.9 Å². The summed E-state index contributed by atoms with van der Waals surface area (Å²) >= 11 is 5.99. The monoisotopic (exact) mass is 506 g/mol. The van der Waals surface area contributed by atoms with E-state index in [4.69, 9.17) is 16.3 Å². The zero-order chi connectivity index (χ0) is 23.5. The summed E-state index contributed by atoms with van der Waals surface area (Å²) in [5, 5.41) is 9.34. The average molecular weight is 507 g/mol. The largest absolute Gasteiger partial charge is 0.377 e. The molecule has 184 valence electrons. The molecule has 3 saturated heterocycles. The molecule has 0 N–H and O–H groups in total. The molecule has 0 aliphatic carbocycles. The number of halogens is 1. The van der Waals surface area contributed by atoms with E-state index >= 15 is 0 Å². The molecule has 1 unspecified atom stereocenters. The van der Waals surface area contributed by atoms with Crippen molar-refractivity contribution in [1.29, 1.82) is 0 Å². The Hall–Kier alpha value is -1.98. The van der Waals surface area contributed by atoms with Crippen LogP contribution >= 0.6 is 11.6 Å². The van der Waals surface area contributed by atoms with Crippen molar-refractivity contribution in [3.8, 4) is 0 Å². The fourth-order valence-electron chi connectivity index (χ4n) is 4.83. The van der Waals surface area contributed by atoms with Gasteiger partial charge < -0.3 is 14.5 Å². The predicted molar refractivity (Wildman–Crippen MR) is 132 cm³/mol. The van der Waals surface area contributed by atoms with Crippen LogP contribution in [0.1, 0.15) is 12.8 Å². The van der Waals surface area contributed by atoms with Crippen LogP contribution in [0.25, 0.3) is 0 Å². The van der Waals surface area contributed by atoms with Crippen LogP contribution in [-0.2, 0) is 14.8 Å². The van der Waals surface area contributed by atoms with Crippen molar-refractivity contribution in [3.63, 3.8) is 0 Å². The van der Waals surface area contributed by atoms with Crippen LogP contribution in [0.3, 0.4) is 0 Å². The first-order valence-corrected chi connectivity index (χ1v) is 13.7. The lowest BCUT2D eigenvalue weighted by Crippen LogP contribution is -2.49. The fraction of sp³-hybridized carbons (Fsp3) is 0.565. The molecule has 0 amide bonds. The van der Waals surface area contributed by atoms with Crippen LogP contribution in [0.2, 0.25) is 5.02 Å². The molecule has 1 aromatic heterocycles. The maximum atomic E-state index is 12.9. The van der Waals surface area contributed by atoms with Gasteiger partial charge in [-0.1, -0.05) is 17.7 Å². The zero-order valence-corrected chi connectivity index (χ0v) is 20.8. The lowest BCUT2D eigenvalue weighted by atomic mass is 10.2. The van der Waals surface area contributed by atoms with Crippen LogP contribution in [0.4, 0.5) is 11.6 Å². The van der Waals surface area contributed by atoms with Gasteiger partial charge in [-0.05, 0) is 43.2 Å². The van der Waals surface area contributed by atoms with Gasteiger partial charge in [0.25, 0.3) is 0 Å². The molecule has 1 atom stereocenters. The molecule has 5 rings (SSSR count). The number of nitrogens with zero attached hydrogens (tertiary/aromatic N) is 6. The minimum atomic E-state index is -3.56. The van der Waals surface area contributed by atoms with E-state index in [-0.39, 0.29) is 4.90 Å². The number of anilines is 2. The summed E-state index contributed by atoms with van der Waals surface area (Å²) in [7, 11) is -3.56. The molecule has 3 fully saturated rings. The molecular formula is C23H31ClN6O3S. The Morgan fingerprint density at radius 3 is 2.12 bits per heavy atom. The van der Waals surface area contributed by atoms with Crippen LogP contribution < -0.4 is 9.80 Å². The Bertz CT molecular complexity index is 1060. The summed E-state index contributed by atoms with van der Waals surface area (Å²) in [6.07, 6.45) is 2.75. The van der Waals surface area contributed by atoms with Crippen LogP contribution in [0.15, 0.2) is 41.3 Å². The third kappa shape index (κ3) is 5.31. The molecular weight excluding hydrogens is 476 g/mol. The Balaban J connectivity index is 1.13. The van der Waals surface area contributed by atoms with Crippen molar-refractivity contribution in [3.05, 3.63) is 41.4 Å². The van der Waals surface area contributed by atoms with Crippen LogP contribution in [-0.4, -0.2) is 99.4 Å². The highest BCUT2D eigenvalue weighted by Crippen LogP contribution is 2.23. The molecule has 4 heterocycles. The second-order valence-corrected chi connectivity index (χ2v) is 11.4. The van der Waals surface area contributed by atoms with Gasteiger partial charge in [0, 0.05) is 70.5 Å². The van der Waals surface area contributed by atoms with Gasteiger partial charge in [0.2, 0.25) is 10.0 Å². The quantitative estimate of drug-likeness (QED) is 0.588. The second-order valence-electron chi connectivity index (χ2n) is 9.02.